The average Bonchev–Trinajstić information content (AvgIpc) is 3.24. The van der Waals surface area contributed by atoms with Gasteiger partial charge in [-0.05, 0) is 76.8 Å². The van der Waals surface area contributed by atoms with Gasteiger partial charge in [0.1, 0.15) is 17.8 Å². The van der Waals surface area contributed by atoms with Crippen LogP contribution in [0.2, 0.25) is 39.3 Å². The van der Waals surface area contributed by atoms with Gasteiger partial charge in [0.15, 0.2) is 8.32 Å². The smallest absolute Gasteiger partial charge is 0.313 e. The van der Waals surface area contributed by atoms with Crippen molar-refractivity contribution in [2.75, 3.05) is 13.2 Å². The van der Waals surface area contributed by atoms with Crippen LogP contribution in [0.1, 0.15) is 53.0 Å². The Kier molecular flexibility index (Phi) is 9.92. The molecule has 2 rings (SSSR count). The maximum Gasteiger partial charge on any atom is 0.313 e. The van der Waals surface area contributed by atoms with E-state index in [1.54, 1.807) is 19.5 Å². The van der Waals surface area contributed by atoms with Crippen molar-refractivity contribution in [3.05, 3.63) is 41.4 Å². The predicted octanol–water partition coefficient (Wildman–Crippen LogP) is 6.74. The summed E-state index contributed by atoms with van der Waals surface area (Å²) < 4.78 is 36.1. The molecule has 204 valence electrons. The van der Waals surface area contributed by atoms with Gasteiger partial charge in [-0.3, -0.25) is 4.79 Å². The summed E-state index contributed by atoms with van der Waals surface area (Å²) >= 11 is 0. The molecular weight excluding hydrogens is 492 g/mol. The van der Waals surface area contributed by atoms with E-state index in [0.29, 0.717) is 25.6 Å². The van der Waals surface area contributed by atoms with Crippen molar-refractivity contribution in [1.29, 1.82) is 0 Å². The third kappa shape index (κ3) is 8.11. The molecule has 0 amide bonds. The number of rotatable bonds is 13. The van der Waals surface area contributed by atoms with Crippen LogP contribution < -0.4 is 0 Å². The SMILES string of the molecule is CCOC(=O)CCC(=C=C(OCC)O[Si](C)(C)C)[C@@H](O[Si](C)(C)C)[C@H]1O[C@@]1(c1ccoc1)C(C)(C)C. The summed E-state index contributed by atoms with van der Waals surface area (Å²) in [5.74, 6) is 0.0753. The Labute approximate surface area is 219 Å². The van der Waals surface area contributed by atoms with E-state index in [1.807, 2.05) is 13.0 Å². The van der Waals surface area contributed by atoms with Gasteiger partial charge in [-0.15, -0.1) is 0 Å². The van der Waals surface area contributed by atoms with Gasteiger partial charge in [0, 0.05) is 17.6 Å². The van der Waals surface area contributed by atoms with Gasteiger partial charge in [0.05, 0.1) is 25.7 Å². The second-order valence-corrected chi connectivity index (χ2v) is 21.0. The van der Waals surface area contributed by atoms with Crippen LogP contribution >= 0.6 is 0 Å². The molecule has 0 saturated carbocycles. The van der Waals surface area contributed by atoms with Crippen molar-refractivity contribution < 1.29 is 32.3 Å². The molecule has 3 atom stereocenters. The Morgan fingerprint density at radius 1 is 1.06 bits per heavy atom. The molecule has 0 radical (unpaired) electrons. The molecule has 0 N–H and O–H groups in total. The number of esters is 1. The summed E-state index contributed by atoms with van der Waals surface area (Å²) in [5, 5.41) is 0. The molecule has 0 bridgehead atoms. The molecule has 2 heterocycles. The molecule has 36 heavy (non-hydrogen) atoms. The molecule has 0 spiro atoms. The maximum absolute atomic E-state index is 12.4. The van der Waals surface area contributed by atoms with Crippen LogP contribution in [-0.2, 0) is 33.5 Å². The molecule has 1 aromatic rings. The van der Waals surface area contributed by atoms with E-state index >= 15 is 0 Å². The minimum atomic E-state index is -2.06. The first kappa shape index (κ1) is 30.4. The number of ether oxygens (including phenoxy) is 3. The molecule has 0 aromatic carbocycles. The fraction of sp³-hybridized carbons (Fsp3) is 0.704. The summed E-state index contributed by atoms with van der Waals surface area (Å²) in [5.41, 5.74) is 4.31. The molecule has 1 aromatic heterocycles. The van der Waals surface area contributed by atoms with Crippen LogP contribution in [-0.4, -0.2) is 48.0 Å². The van der Waals surface area contributed by atoms with E-state index in [4.69, 9.17) is 27.5 Å². The number of hydrogen-bond acceptors (Lipinski definition) is 7. The summed E-state index contributed by atoms with van der Waals surface area (Å²) in [6.45, 7) is 23.7. The molecule has 9 heteroatoms. The first-order chi connectivity index (χ1) is 16.5. The zero-order chi connectivity index (χ0) is 27.4. The largest absolute Gasteiger partial charge is 0.514 e. The van der Waals surface area contributed by atoms with Crippen LogP contribution in [0.15, 0.2) is 40.3 Å². The summed E-state index contributed by atoms with van der Waals surface area (Å²) in [4.78, 5) is 12.4. The summed E-state index contributed by atoms with van der Waals surface area (Å²) in [6, 6.07) is 1.95. The highest BCUT2D eigenvalue weighted by atomic mass is 28.4. The molecule has 1 saturated heterocycles. The highest BCUT2D eigenvalue weighted by Crippen LogP contribution is 2.60. The minimum absolute atomic E-state index is 0.203. The summed E-state index contributed by atoms with van der Waals surface area (Å²) in [7, 11) is -4.04. The molecule has 1 aliphatic rings. The topological polar surface area (TPSA) is 79.7 Å². The van der Waals surface area contributed by atoms with E-state index in [-0.39, 0.29) is 23.9 Å². The second kappa shape index (κ2) is 11.7. The first-order valence-corrected chi connectivity index (χ1v) is 19.7. The van der Waals surface area contributed by atoms with Gasteiger partial charge in [0.2, 0.25) is 8.32 Å². The van der Waals surface area contributed by atoms with Crippen molar-refractivity contribution >= 4 is 22.6 Å². The number of carbonyl (C=O) groups is 1. The molecule has 0 aliphatic carbocycles. The second-order valence-electron chi connectivity index (χ2n) is 12.1. The zero-order valence-electron chi connectivity index (χ0n) is 24.1. The lowest BCUT2D eigenvalue weighted by Crippen LogP contribution is -2.41. The zero-order valence-corrected chi connectivity index (χ0v) is 26.1. The summed E-state index contributed by atoms with van der Waals surface area (Å²) in [6.07, 6.45) is 3.28. The van der Waals surface area contributed by atoms with E-state index in [1.165, 1.54) is 0 Å². The van der Waals surface area contributed by atoms with E-state index in [0.717, 1.165) is 11.1 Å². The van der Waals surface area contributed by atoms with Crippen molar-refractivity contribution in [1.82, 2.24) is 0 Å². The predicted molar refractivity (Wildman–Crippen MR) is 145 cm³/mol. The molecule has 7 nitrogen and oxygen atoms in total. The van der Waals surface area contributed by atoms with Gasteiger partial charge in [-0.2, -0.15) is 0 Å². The Morgan fingerprint density at radius 3 is 2.17 bits per heavy atom. The van der Waals surface area contributed by atoms with Crippen LogP contribution in [0.4, 0.5) is 0 Å². The van der Waals surface area contributed by atoms with Crippen LogP contribution in [0, 0.1) is 5.41 Å². The fourth-order valence-corrected chi connectivity index (χ4v) is 5.95. The Morgan fingerprint density at radius 2 is 1.69 bits per heavy atom. The third-order valence-corrected chi connectivity index (χ3v) is 7.42. The standard InChI is InChI=1S/C27H46O7Si2/c1-12-30-22(28)15-14-20(18-23(31-13-2)33-35(6,7)8)24(34-36(9,10)11)25-27(32-25,26(3,4)5)21-16-17-29-19-21/h16-17,19,24-25H,12-15H2,1-11H3/t18?,24-,25-,27-/m1/s1. The monoisotopic (exact) mass is 538 g/mol. The first-order valence-electron chi connectivity index (χ1n) is 12.9. The van der Waals surface area contributed by atoms with Gasteiger partial charge in [-0.1, -0.05) is 20.8 Å². The number of epoxide rings is 1. The van der Waals surface area contributed by atoms with E-state index < -0.39 is 28.3 Å². The average molecular weight is 539 g/mol. The molecule has 1 aliphatic heterocycles. The van der Waals surface area contributed by atoms with Crippen molar-refractivity contribution in [3.8, 4) is 0 Å². The molecular formula is C27H46O7Si2. The normalized spacial score (nSPS) is 20.8. The quantitative estimate of drug-likeness (QED) is 0.0904. The van der Waals surface area contributed by atoms with Crippen LogP contribution in [0.5, 0.6) is 0 Å². The highest BCUT2D eigenvalue weighted by molar-refractivity contribution is 6.70. The lowest BCUT2D eigenvalue weighted by Gasteiger charge is -2.32. The number of carbonyl (C=O) groups excluding carboxylic acids is 1. The molecule has 0 unspecified atom stereocenters. The van der Waals surface area contributed by atoms with Crippen LogP contribution in [0.25, 0.3) is 0 Å². The highest BCUT2D eigenvalue weighted by Gasteiger charge is 2.68. The third-order valence-electron chi connectivity index (χ3n) is 5.66. The minimum Gasteiger partial charge on any atom is -0.514 e. The Balaban J connectivity index is 2.66. The van der Waals surface area contributed by atoms with Gasteiger partial charge < -0.3 is 27.5 Å². The number of furan rings is 1. The number of hydrogen-bond donors (Lipinski definition) is 0. The van der Waals surface area contributed by atoms with Crippen LogP contribution in [0.3, 0.4) is 0 Å². The van der Waals surface area contributed by atoms with Crippen molar-refractivity contribution in [2.24, 2.45) is 5.41 Å². The van der Waals surface area contributed by atoms with E-state index in [2.05, 4.69) is 65.8 Å². The van der Waals surface area contributed by atoms with Gasteiger partial charge in [0.25, 0.3) is 0 Å². The van der Waals surface area contributed by atoms with Crippen molar-refractivity contribution in [3.63, 3.8) is 0 Å². The Hall–Kier alpha value is -1.78. The van der Waals surface area contributed by atoms with Gasteiger partial charge >= 0.3 is 11.9 Å². The van der Waals surface area contributed by atoms with Crippen molar-refractivity contribution in [2.45, 2.75) is 105 Å². The van der Waals surface area contributed by atoms with E-state index in [9.17, 15) is 4.79 Å². The maximum atomic E-state index is 12.4. The van der Waals surface area contributed by atoms with Gasteiger partial charge in [-0.25, -0.2) is 0 Å². The lowest BCUT2D eigenvalue weighted by molar-refractivity contribution is -0.143. The Bertz CT molecular complexity index is 929. The lowest BCUT2D eigenvalue weighted by atomic mass is 9.73. The fourth-order valence-electron chi connectivity index (χ4n) is 4.26. The molecule has 1 fully saturated rings.